The molecule has 0 aliphatic rings. The second kappa shape index (κ2) is 8.33. The van der Waals surface area contributed by atoms with E-state index >= 15 is 0 Å². The van der Waals surface area contributed by atoms with E-state index in [0.717, 1.165) is 0 Å². The first kappa shape index (κ1) is 18.4. The van der Waals surface area contributed by atoms with E-state index in [1.807, 2.05) is 0 Å². The van der Waals surface area contributed by atoms with Crippen molar-refractivity contribution in [1.29, 1.82) is 0 Å². The van der Waals surface area contributed by atoms with Crippen molar-refractivity contribution in [3.8, 4) is 0 Å². The SMILES string of the molecule is O=C(Nc1ccc(Cl)cc1)C(=Cc1ccc(F)cc1)NC(=O)c1ccco1. The quantitative estimate of drug-likeness (QED) is 0.637. The van der Waals surface area contributed by atoms with Crippen LogP contribution in [0.25, 0.3) is 6.08 Å². The Morgan fingerprint density at radius 2 is 1.70 bits per heavy atom. The van der Waals surface area contributed by atoms with Gasteiger partial charge in [-0.2, -0.15) is 0 Å². The molecule has 27 heavy (non-hydrogen) atoms. The number of anilines is 1. The maximum absolute atomic E-state index is 13.1. The minimum Gasteiger partial charge on any atom is -0.459 e. The molecule has 5 nitrogen and oxygen atoms in total. The molecule has 0 unspecified atom stereocenters. The Kier molecular flexibility index (Phi) is 5.68. The Labute approximate surface area is 159 Å². The zero-order valence-electron chi connectivity index (χ0n) is 13.9. The molecular formula is C20H14ClFN2O3. The Hall–Kier alpha value is -3.38. The molecule has 7 heteroatoms. The predicted octanol–water partition coefficient (Wildman–Crippen LogP) is 4.48. The van der Waals surface area contributed by atoms with E-state index in [-0.39, 0.29) is 11.5 Å². The average Bonchev–Trinajstić information content (AvgIpc) is 3.19. The summed E-state index contributed by atoms with van der Waals surface area (Å²) >= 11 is 5.83. The summed E-state index contributed by atoms with van der Waals surface area (Å²) in [7, 11) is 0. The second-order valence-electron chi connectivity index (χ2n) is 5.50. The van der Waals surface area contributed by atoms with Crippen molar-refractivity contribution in [3.05, 3.63) is 94.8 Å². The van der Waals surface area contributed by atoms with Gasteiger partial charge in [0.05, 0.1) is 6.26 Å². The standard InChI is InChI=1S/C20H14ClFN2O3/c21-14-5-9-16(10-6-14)23-19(25)17(12-13-3-7-15(22)8-4-13)24-20(26)18-2-1-11-27-18/h1-12H,(H,23,25)(H,24,26). The van der Waals surface area contributed by atoms with Crippen LogP contribution in [0.5, 0.6) is 0 Å². The second-order valence-corrected chi connectivity index (χ2v) is 5.94. The van der Waals surface area contributed by atoms with E-state index in [9.17, 15) is 14.0 Å². The van der Waals surface area contributed by atoms with E-state index in [1.165, 1.54) is 42.7 Å². The Morgan fingerprint density at radius 1 is 1.00 bits per heavy atom. The number of amides is 2. The van der Waals surface area contributed by atoms with Crippen molar-refractivity contribution >= 4 is 35.2 Å². The van der Waals surface area contributed by atoms with Gasteiger partial charge < -0.3 is 15.1 Å². The molecule has 2 N–H and O–H groups in total. The largest absolute Gasteiger partial charge is 0.459 e. The molecule has 0 bridgehead atoms. The third kappa shape index (κ3) is 5.05. The molecule has 0 spiro atoms. The lowest BCUT2D eigenvalue weighted by Crippen LogP contribution is -2.30. The number of hydrogen-bond acceptors (Lipinski definition) is 3. The third-order valence-corrected chi connectivity index (χ3v) is 3.77. The predicted molar refractivity (Wildman–Crippen MR) is 101 cm³/mol. The van der Waals surface area contributed by atoms with Crippen molar-refractivity contribution in [2.45, 2.75) is 0 Å². The van der Waals surface area contributed by atoms with Crippen LogP contribution < -0.4 is 10.6 Å². The van der Waals surface area contributed by atoms with Gasteiger partial charge in [-0.05, 0) is 60.2 Å². The first-order valence-electron chi connectivity index (χ1n) is 7.90. The fourth-order valence-corrected chi connectivity index (χ4v) is 2.33. The van der Waals surface area contributed by atoms with E-state index in [1.54, 1.807) is 30.3 Å². The maximum atomic E-state index is 13.1. The van der Waals surface area contributed by atoms with Crippen LogP contribution in [0.15, 0.2) is 77.0 Å². The van der Waals surface area contributed by atoms with Gasteiger partial charge in [-0.25, -0.2) is 4.39 Å². The summed E-state index contributed by atoms with van der Waals surface area (Å²) in [5, 5.41) is 5.71. The zero-order chi connectivity index (χ0) is 19.2. The fourth-order valence-electron chi connectivity index (χ4n) is 2.21. The summed E-state index contributed by atoms with van der Waals surface area (Å²) in [5.41, 5.74) is 1.01. The third-order valence-electron chi connectivity index (χ3n) is 3.52. The van der Waals surface area contributed by atoms with E-state index in [2.05, 4.69) is 10.6 Å². The summed E-state index contributed by atoms with van der Waals surface area (Å²) in [6.45, 7) is 0. The van der Waals surface area contributed by atoms with Gasteiger partial charge in [-0.15, -0.1) is 0 Å². The van der Waals surface area contributed by atoms with Crippen LogP contribution >= 0.6 is 11.6 Å². The van der Waals surface area contributed by atoms with E-state index in [4.69, 9.17) is 16.0 Å². The van der Waals surface area contributed by atoms with Crippen molar-refractivity contribution < 1.29 is 18.4 Å². The normalized spacial score (nSPS) is 11.1. The van der Waals surface area contributed by atoms with Gasteiger partial charge in [0, 0.05) is 10.7 Å². The molecule has 1 heterocycles. The first-order valence-corrected chi connectivity index (χ1v) is 8.28. The lowest BCUT2D eigenvalue weighted by Gasteiger charge is -2.10. The highest BCUT2D eigenvalue weighted by Gasteiger charge is 2.16. The highest BCUT2D eigenvalue weighted by atomic mass is 35.5. The number of halogens is 2. The molecule has 3 rings (SSSR count). The Balaban J connectivity index is 1.85. The Bertz CT molecular complexity index is 965. The van der Waals surface area contributed by atoms with Crippen LogP contribution in [-0.2, 0) is 4.79 Å². The van der Waals surface area contributed by atoms with Crippen molar-refractivity contribution in [1.82, 2.24) is 5.32 Å². The topological polar surface area (TPSA) is 71.3 Å². The molecule has 0 saturated carbocycles. The Morgan fingerprint density at radius 3 is 2.33 bits per heavy atom. The monoisotopic (exact) mass is 384 g/mol. The highest BCUT2D eigenvalue weighted by molar-refractivity contribution is 6.30. The molecule has 2 aromatic carbocycles. The highest BCUT2D eigenvalue weighted by Crippen LogP contribution is 2.15. The van der Waals surface area contributed by atoms with Crippen molar-refractivity contribution in [2.24, 2.45) is 0 Å². The van der Waals surface area contributed by atoms with Crippen LogP contribution in [0.1, 0.15) is 16.1 Å². The molecule has 2 amide bonds. The minimum atomic E-state index is -0.584. The fraction of sp³-hybridized carbons (Fsp3) is 0. The lowest BCUT2D eigenvalue weighted by atomic mass is 10.1. The number of benzene rings is 2. The van der Waals surface area contributed by atoms with Gasteiger partial charge in [0.2, 0.25) is 0 Å². The van der Waals surface area contributed by atoms with Crippen LogP contribution in [0.4, 0.5) is 10.1 Å². The van der Waals surface area contributed by atoms with Crippen molar-refractivity contribution in [2.75, 3.05) is 5.32 Å². The minimum absolute atomic E-state index is 0.0297. The lowest BCUT2D eigenvalue weighted by molar-refractivity contribution is -0.113. The molecule has 0 aliphatic carbocycles. The summed E-state index contributed by atoms with van der Waals surface area (Å²) < 4.78 is 18.1. The zero-order valence-corrected chi connectivity index (χ0v) is 14.7. The average molecular weight is 385 g/mol. The van der Waals surface area contributed by atoms with Crippen LogP contribution in [0.2, 0.25) is 5.02 Å². The number of nitrogens with one attached hydrogen (secondary N) is 2. The molecule has 0 atom stereocenters. The van der Waals surface area contributed by atoms with Crippen LogP contribution in [0.3, 0.4) is 0 Å². The number of furan rings is 1. The molecule has 0 radical (unpaired) electrons. The molecule has 1 aromatic heterocycles. The van der Waals surface area contributed by atoms with E-state index in [0.29, 0.717) is 16.3 Å². The van der Waals surface area contributed by atoms with Gasteiger partial charge in [0.25, 0.3) is 11.8 Å². The van der Waals surface area contributed by atoms with Crippen molar-refractivity contribution in [3.63, 3.8) is 0 Å². The van der Waals surface area contributed by atoms with Gasteiger partial charge in [0.15, 0.2) is 5.76 Å². The molecule has 0 aliphatic heterocycles. The summed E-state index contributed by atoms with van der Waals surface area (Å²) in [4.78, 5) is 24.9. The molecule has 136 valence electrons. The van der Waals surface area contributed by atoms with Gasteiger partial charge in [-0.3, -0.25) is 9.59 Å². The molecule has 0 saturated heterocycles. The van der Waals surface area contributed by atoms with Crippen LogP contribution in [0, 0.1) is 5.82 Å². The number of hydrogen-bond donors (Lipinski definition) is 2. The number of rotatable bonds is 5. The van der Waals surface area contributed by atoms with Gasteiger partial charge >= 0.3 is 0 Å². The van der Waals surface area contributed by atoms with Gasteiger partial charge in [-0.1, -0.05) is 23.7 Å². The van der Waals surface area contributed by atoms with E-state index < -0.39 is 17.6 Å². The molecular weight excluding hydrogens is 371 g/mol. The first-order chi connectivity index (χ1) is 13.0. The molecule has 3 aromatic rings. The summed E-state index contributed by atoms with van der Waals surface area (Å²) in [5.74, 6) is -1.49. The summed E-state index contributed by atoms with van der Waals surface area (Å²) in [6.07, 6.45) is 2.79. The van der Waals surface area contributed by atoms with Crippen LogP contribution in [-0.4, -0.2) is 11.8 Å². The number of carbonyl (C=O) groups is 2. The number of carbonyl (C=O) groups excluding carboxylic acids is 2. The molecule has 0 fully saturated rings. The van der Waals surface area contributed by atoms with Gasteiger partial charge in [0.1, 0.15) is 11.5 Å². The maximum Gasteiger partial charge on any atom is 0.291 e. The smallest absolute Gasteiger partial charge is 0.291 e. The summed E-state index contributed by atoms with van der Waals surface area (Å²) in [6, 6.07) is 15.0.